The molecule has 0 unspecified atom stereocenters. The van der Waals surface area contributed by atoms with Gasteiger partial charge in [0.1, 0.15) is 0 Å². The maximum absolute atomic E-state index is 12.1. The Morgan fingerprint density at radius 1 is 1.13 bits per heavy atom. The molecule has 122 valence electrons. The molecule has 2 aromatic rings. The van der Waals surface area contributed by atoms with E-state index in [2.05, 4.69) is 17.4 Å². The van der Waals surface area contributed by atoms with Gasteiger partial charge in [-0.1, -0.05) is 30.3 Å². The normalized spacial score (nSPS) is 13.1. The molecule has 0 aliphatic carbocycles. The number of carbonyl (C=O) groups excluding carboxylic acids is 2. The quantitative estimate of drug-likeness (QED) is 0.798. The van der Waals surface area contributed by atoms with E-state index in [0.29, 0.717) is 0 Å². The number of nitrogens with one attached hydrogen (secondary N) is 1. The Labute approximate surface area is 135 Å². The number of furan rings is 1. The number of hydrogen-bond donors (Lipinski definition) is 1. The van der Waals surface area contributed by atoms with Crippen molar-refractivity contribution in [3.05, 3.63) is 60.1 Å². The van der Waals surface area contributed by atoms with E-state index in [-0.39, 0.29) is 17.7 Å². The van der Waals surface area contributed by atoms with Crippen molar-refractivity contribution in [2.24, 2.45) is 0 Å². The van der Waals surface area contributed by atoms with Gasteiger partial charge in [-0.15, -0.1) is 0 Å². The molecule has 0 saturated heterocycles. The third kappa shape index (κ3) is 5.29. The van der Waals surface area contributed by atoms with Crippen molar-refractivity contribution in [3.63, 3.8) is 0 Å². The van der Waals surface area contributed by atoms with Crippen LogP contribution < -0.4 is 5.32 Å². The summed E-state index contributed by atoms with van der Waals surface area (Å²) in [5.74, 6) is -0.873. The van der Waals surface area contributed by atoms with Gasteiger partial charge in [-0.05, 0) is 44.4 Å². The van der Waals surface area contributed by atoms with E-state index in [1.165, 1.54) is 17.9 Å². The molecule has 0 aliphatic heterocycles. The molecule has 5 heteroatoms. The van der Waals surface area contributed by atoms with Crippen molar-refractivity contribution in [1.82, 2.24) is 5.32 Å². The second-order valence-electron chi connectivity index (χ2n) is 5.46. The van der Waals surface area contributed by atoms with Crippen LogP contribution in [0.2, 0.25) is 0 Å². The van der Waals surface area contributed by atoms with E-state index in [9.17, 15) is 9.59 Å². The van der Waals surface area contributed by atoms with Gasteiger partial charge >= 0.3 is 5.97 Å². The zero-order chi connectivity index (χ0) is 16.7. The van der Waals surface area contributed by atoms with Crippen LogP contribution in [0.1, 0.15) is 36.4 Å². The molecule has 0 spiro atoms. The van der Waals surface area contributed by atoms with Crippen LogP contribution >= 0.6 is 0 Å². The summed E-state index contributed by atoms with van der Waals surface area (Å²) in [5.41, 5.74) is 1.23. The van der Waals surface area contributed by atoms with Crippen molar-refractivity contribution < 1.29 is 18.7 Å². The van der Waals surface area contributed by atoms with Gasteiger partial charge in [0.25, 0.3) is 5.91 Å². The minimum Gasteiger partial charge on any atom is -0.457 e. The molecule has 0 aliphatic rings. The standard InChI is InChI=1S/C18H21NO4/c1-13(10-11-15-7-4-3-5-8-15)19-17(20)14(2)23-18(21)16-9-6-12-22-16/h3-9,12-14H,10-11H2,1-2H3,(H,19,20)/t13-,14+/m1/s1. The third-order valence-corrected chi connectivity index (χ3v) is 3.47. The monoisotopic (exact) mass is 315 g/mol. The molecule has 1 aromatic carbocycles. The Balaban J connectivity index is 1.75. The Morgan fingerprint density at radius 2 is 1.87 bits per heavy atom. The first-order valence-corrected chi connectivity index (χ1v) is 7.65. The number of rotatable bonds is 7. The smallest absolute Gasteiger partial charge is 0.374 e. The van der Waals surface area contributed by atoms with Crippen LogP contribution in [0.5, 0.6) is 0 Å². The second-order valence-corrected chi connectivity index (χ2v) is 5.46. The molecule has 0 fully saturated rings. The van der Waals surface area contributed by atoms with Crippen LogP contribution in [0, 0.1) is 0 Å². The number of ether oxygens (including phenoxy) is 1. The number of carbonyl (C=O) groups is 2. The zero-order valence-electron chi connectivity index (χ0n) is 13.3. The first-order chi connectivity index (χ1) is 11.1. The molecular weight excluding hydrogens is 294 g/mol. The summed E-state index contributed by atoms with van der Waals surface area (Å²) in [5, 5.41) is 2.85. The van der Waals surface area contributed by atoms with Crippen LogP contribution in [0.4, 0.5) is 0 Å². The fourth-order valence-electron chi connectivity index (χ4n) is 2.13. The summed E-state index contributed by atoms with van der Waals surface area (Å²) >= 11 is 0. The summed E-state index contributed by atoms with van der Waals surface area (Å²) in [4.78, 5) is 23.8. The van der Waals surface area contributed by atoms with Crippen molar-refractivity contribution in [1.29, 1.82) is 0 Å². The fourth-order valence-corrected chi connectivity index (χ4v) is 2.13. The average molecular weight is 315 g/mol. The molecule has 1 heterocycles. The zero-order valence-corrected chi connectivity index (χ0v) is 13.3. The molecule has 1 N–H and O–H groups in total. The summed E-state index contributed by atoms with van der Waals surface area (Å²) in [7, 11) is 0. The van der Waals surface area contributed by atoms with Crippen molar-refractivity contribution in [2.45, 2.75) is 38.8 Å². The predicted octanol–water partition coefficient (Wildman–Crippen LogP) is 2.96. The van der Waals surface area contributed by atoms with Crippen LogP contribution in [0.3, 0.4) is 0 Å². The lowest BCUT2D eigenvalue weighted by Gasteiger charge is -2.17. The average Bonchev–Trinajstić information content (AvgIpc) is 3.08. The number of hydrogen-bond acceptors (Lipinski definition) is 4. The van der Waals surface area contributed by atoms with E-state index in [1.807, 2.05) is 25.1 Å². The lowest BCUT2D eigenvalue weighted by atomic mass is 10.1. The number of esters is 1. The predicted molar refractivity (Wildman–Crippen MR) is 86.0 cm³/mol. The minimum atomic E-state index is -0.869. The van der Waals surface area contributed by atoms with Gasteiger partial charge in [0, 0.05) is 6.04 Å². The van der Waals surface area contributed by atoms with E-state index in [4.69, 9.17) is 9.15 Å². The number of aryl methyl sites for hydroxylation is 1. The van der Waals surface area contributed by atoms with Crippen LogP contribution in [0.25, 0.3) is 0 Å². The van der Waals surface area contributed by atoms with Crippen LogP contribution in [0.15, 0.2) is 53.1 Å². The summed E-state index contributed by atoms with van der Waals surface area (Å²) in [6.07, 6.45) is 2.21. The SMILES string of the molecule is C[C@H](CCc1ccccc1)NC(=O)[C@H](C)OC(=O)c1ccco1. The van der Waals surface area contributed by atoms with Gasteiger partial charge < -0.3 is 14.5 Å². The second kappa shape index (κ2) is 8.17. The van der Waals surface area contributed by atoms with Crippen molar-refractivity contribution in [2.75, 3.05) is 0 Å². The fraction of sp³-hybridized carbons (Fsp3) is 0.333. The Morgan fingerprint density at radius 3 is 2.52 bits per heavy atom. The van der Waals surface area contributed by atoms with Gasteiger partial charge in [0.05, 0.1) is 6.26 Å². The molecule has 0 radical (unpaired) electrons. The Hall–Kier alpha value is -2.56. The highest BCUT2D eigenvalue weighted by Gasteiger charge is 2.21. The summed E-state index contributed by atoms with van der Waals surface area (Å²) < 4.78 is 10.0. The highest BCUT2D eigenvalue weighted by Crippen LogP contribution is 2.07. The molecule has 2 rings (SSSR count). The maximum atomic E-state index is 12.1. The lowest BCUT2D eigenvalue weighted by molar-refractivity contribution is -0.129. The molecule has 1 amide bonds. The molecule has 2 atom stereocenters. The summed E-state index contributed by atoms with van der Waals surface area (Å²) in [6.45, 7) is 3.47. The summed E-state index contributed by atoms with van der Waals surface area (Å²) in [6, 6.07) is 13.2. The van der Waals surface area contributed by atoms with E-state index < -0.39 is 12.1 Å². The first-order valence-electron chi connectivity index (χ1n) is 7.65. The lowest BCUT2D eigenvalue weighted by Crippen LogP contribution is -2.41. The van der Waals surface area contributed by atoms with E-state index >= 15 is 0 Å². The van der Waals surface area contributed by atoms with Crippen LogP contribution in [-0.4, -0.2) is 24.0 Å². The topological polar surface area (TPSA) is 68.5 Å². The Bertz CT molecular complexity index is 622. The van der Waals surface area contributed by atoms with Gasteiger partial charge in [-0.25, -0.2) is 4.79 Å². The molecule has 0 saturated carbocycles. The first kappa shape index (κ1) is 16.8. The highest BCUT2D eigenvalue weighted by molar-refractivity contribution is 5.89. The molecule has 5 nitrogen and oxygen atoms in total. The van der Waals surface area contributed by atoms with Gasteiger partial charge in [-0.2, -0.15) is 0 Å². The van der Waals surface area contributed by atoms with Crippen LogP contribution in [-0.2, 0) is 16.0 Å². The number of benzene rings is 1. The molecular formula is C18H21NO4. The molecule has 23 heavy (non-hydrogen) atoms. The van der Waals surface area contributed by atoms with Crippen molar-refractivity contribution in [3.8, 4) is 0 Å². The number of amides is 1. The maximum Gasteiger partial charge on any atom is 0.374 e. The van der Waals surface area contributed by atoms with Gasteiger partial charge in [0.2, 0.25) is 5.76 Å². The Kier molecular flexibility index (Phi) is 5.97. The van der Waals surface area contributed by atoms with E-state index in [1.54, 1.807) is 13.0 Å². The van der Waals surface area contributed by atoms with Gasteiger partial charge in [-0.3, -0.25) is 4.79 Å². The molecule has 0 bridgehead atoms. The van der Waals surface area contributed by atoms with E-state index in [0.717, 1.165) is 12.8 Å². The third-order valence-electron chi connectivity index (χ3n) is 3.47. The minimum absolute atomic E-state index is 0.00697. The largest absolute Gasteiger partial charge is 0.457 e. The van der Waals surface area contributed by atoms with Gasteiger partial charge in [0.15, 0.2) is 6.10 Å². The molecule has 1 aromatic heterocycles. The highest BCUT2D eigenvalue weighted by atomic mass is 16.6. The van der Waals surface area contributed by atoms with Crippen molar-refractivity contribution >= 4 is 11.9 Å².